The summed E-state index contributed by atoms with van der Waals surface area (Å²) in [6.07, 6.45) is 5.79. The minimum Gasteiger partial charge on any atom is -0.486 e. The van der Waals surface area contributed by atoms with Crippen LogP contribution in [0, 0.1) is 0 Å². The minimum absolute atomic E-state index is 0.174. The standard InChI is InChI=1S/C14H19NO2/c15-14(6-7-14)5-1-2-11-3-4-12-13(10-11)17-9-8-16-12/h3-4,10H,1-2,5-9,15H2. The van der Waals surface area contributed by atoms with Crippen LogP contribution in [0.15, 0.2) is 18.2 Å². The molecule has 3 rings (SSSR count). The molecule has 0 bridgehead atoms. The smallest absolute Gasteiger partial charge is 0.161 e. The molecule has 1 aliphatic heterocycles. The topological polar surface area (TPSA) is 44.5 Å². The molecule has 17 heavy (non-hydrogen) atoms. The van der Waals surface area contributed by atoms with Gasteiger partial charge in [-0.25, -0.2) is 0 Å². The Kier molecular flexibility index (Phi) is 2.71. The molecule has 1 fully saturated rings. The number of nitrogens with two attached hydrogens (primary N) is 1. The average Bonchev–Trinajstić information content (AvgIpc) is 3.07. The predicted molar refractivity (Wildman–Crippen MR) is 66.5 cm³/mol. The number of hydrogen-bond donors (Lipinski definition) is 1. The second kappa shape index (κ2) is 4.22. The van der Waals surface area contributed by atoms with Gasteiger partial charge in [0.05, 0.1) is 0 Å². The van der Waals surface area contributed by atoms with Gasteiger partial charge in [-0.15, -0.1) is 0 Å². The maximum Gasteiger partial charge on any atom is 0.161 e. The van der Waals surface area contributed by atoms with Crippen LogP contribution in [0.5, 0.6) is 11.5 Å². The fraction of sp³-hybridized carbons (Fsp3) is 0.571. The van der Waals surface area contributed by atoms with Crippen molar-refractivity contribution in [3.05, 3.63) is 23.8 Å². The Morgan fingerprint density at radius 3 is 2.65 bits per heavy atom. The van der Waals surface area contributed by atoms with Crippen LogP contribution in [0.1, 0.15) is 31.2 Å². The van der Waals surface area contributed by atoms with Gasteiger partial charge in [0.25, 0.3) is 0 Å². The van der Waals surface area contributed by atoms with Crippen LogP contribution in [0.4, 0.5) is 0 Å². The molecular weight excluding hydrogens is 214 g/mol. The lowest BCUT2D eigenvalue weighted by Gasteiger charge is -2.19. The first-order chi connectivity index (χ1) is 8.25. The fourth-order valence-electron chi connectivity index (χ4n) is 2.30. The molecular formula is C14H19NO2. The van der Waals surface area contributed by atoms with Crippen LogP contribution < -0.4 is 15.2 Å². The predicted octanol–water partition coefficient (Wildman–Crippen LogP) is 2.27. The number of benzene rings is 1. The van der Waals surface area contributed by atoms with Crippen molar-refractivity contribution in [1.82, 2.24) is 0 Å². The highest BCUT2D eigenvalue weighted by Gasteiger charge is 2.36. The van der Waals surface area contributed by atoms with Gasteiger partial charge in [-0.05, 0) is 49.8 Å². The van der Waals surface area contributed by atoms with E-state index in [9.17, 15) is 0 Å². The van der Waals surface area contributed by atoms with E-state index in [1.807, 2.05) is 6.07 Å². The summed E-state index contributed by atoms with van der Waals surface area (Å²) in [7, 11) is 0. The summed E-state index contributed by atoms with van der Waals surface area (Å²) in [5, 5.41) is 0. The molecule has 3 heteroatoms. The Morgan fingerprint density at radius 1 is 1.12 bits per heavy atom. The largest absolute Gasteiger partial charge is 0.486 e. The average molecular weight is 233 g/mol. The van der Waals surface area contributed by atoms with Gasteiger partial charge in [-0.3, -0.25) is 0 Å². The van der Waals surface area contributed by atoms with Gasteiger partial charge in [0.1, 0.15) is 13.2 Å². The number of fused-ring (bicyclic) bond motifs is 1. The van der Waals surface area contributed by atoms with E-state index < -0.39 is 0 Å². The fourth-order valence-corrected chi connectivity index (χ4v) is 2.30. The Hall–Kier alpha value is -1.22. The summed E-state index contributed by atoms with van der Waals surface area (Å²) in [4.78, 5) is 0. The number of rotatable bonds is 4. The molecule has 1 aromatic carbocycles. The van der Waals surface area contributed by atoms with E-state index in [-0.39, 0.29) is 5.54 Å². The van der Waals surface area contributed by atoms with Gasteiger partial charge in [0.2, 0.25) is 0 Å². The molecule has 1 saturated carbocycles. The van der Waals surface area contributed by atoms with Crippen molar-refractivity contribution >= 4 is 0 Å². The lowest BCUT2D eigenvalue weighted by atomic mass is 10.0. The van der Waals surface area contributed by atoms with Crippen LogP contribution in [0.2, 0.25) is 0 Å². The zero-order chi connectivity index (χ0) is 11.7. The molecule has 92 valence electrons. The van der Waals surface area contributed by atoms with Crippen molar-refractivity contribution in [1.29, 1.82) is 0 Å². The quantitative estimate of drug-likeness (QED) is 0.867. The maximum absolute atomic E-state index is 6.08. The van der Waals surface area contributed by atoms with Gasteiger partial charge >= 0.3 is 0 Å². The molecule has 0 atom stereocenters. The van der Waals surface area contributed by atoms with Crippen molar-refractivity contribution in [3.8, 4) is 11.5 Å². The lowest BCUT2D eigenvalue weighted by molar-refractivity contribution is 0.171. The Balaban J connectivity index is 1.59. The van der Waals surface area contributed by atoms with Crippen molar-refractivity contribution in [2.24, 2.45) is 5.73 Å². The summed E-state index contributed by atoms with van der Waals surface area (Å²) < 4.78 is 11.1. The molecule has 2 aliphatic rings. The first-order valence-electron chi connectivity index (χ1n) is 6.43. The van der Waals surface area contributed by atoms with Crippen molar-refractivity contribution in [2.75, 3.05) is 13.2 Å². The summed E-state index contributed by atoms with van der Waals surface area (Å²) in [6, 6.07) is 6.24. The van der Waals surface area contributed by atoms with E-state index in [0.717, 1.165) is 30.8 Å². The Bertz CT molecular complexity index is 413. The van der Waals surface area contributed by atoms with E-state index in [1.165, 1.54) is 18.4 Å². The Labute approximate surface area is 102 Å². The van der Waals surface area contributed by atoms with E-state index in [1.54, 1.807) is 0 Å². The number of ether oxygens (including phenoxy) is 2. The second-order valence-corrected chi connectivity index (χ2v) is 5.19. The summed E-state index contributed by atoms with van der Waals surface area (Å²) in [5.41, 5.74) is 7.57. The van der Waals surface area contributed by atoms with E-state index >= 15 is 0 Å². The lowest BCUT2D eigenvalue weighted by Crippen LogP contribution is -2.21. The van der Waals surface area contributed by atoms with E-state index in [4.69, 9.17) is 15.2 Å². The number of aryl methyl sites for hydroxylation is 1. The van der Waals surface area contributed by atoms with Crippen molar-refractivity contribution in [2.45, 2.75) is 37.6 Å². The third-order valence-corrected chi connectivity index (χ3v) is 3.64. The third kappa shape index (κ3) is 2.55. The minimum atomic E-state index is 0.174. The van der Waals surface area contributed by atoms with Crippen LogP contribution >= 0.6 is 0 Å². The van der Waals surface area contributed by atoms with Crippen LogP contribution in [-0.4, -0.2) is 18.8 Å². The van der Waals surface area contributed by atoms with Gasteiger partial charge in [0.15, 0.2) is 11.5 Å². The highest BCUT2D eigenvalue weighted by Crippen LogP contribution is 2.37. The first-order valence-corrected chi connectivity index (χ1v) is 6.43. The molecule has 0 spiro atoms. The van der Waals surface area contributed by atoms with Gasteiger partial charge < -0.3 is 15.2 Å². The monoisotopic (exact) mass is 233 g/mol. The zero-order valence-corrected chi connectivity index (χ0v) is 10.1. The Morgan fingerprint density at radius 2 is 1.88 bits per heavy atom. The van der Waals surface area contributed by atoms with Crippen LogP contribution in [0.25, 0.3) is 0 Å². The highest BCUT2D eigenvalue weighted by molar-refractivity contribution is 5.43. The van der Waals surface area contributed by atoms with E-state index in [0.29, 0.717) is 13.2 Å². The van der Waals surface area contributed by atoms with Crippen molar-refractivity contribution < 1.29 is 9.47 Å². The highest BCUT2D eigenvalue weighted by atomic mass is 16.6. The normalized spacial score (nSPS) is 20.1. The second-order valence-electron chi connectivity index (χ2n) is 5.19. The molecule has 2 N–H and O–H groups in total. The molecule has 0 aromatic heterocycles. The third-order valence-electron chi connectivity index (χ3n) is 3.64. The number of hydrogen-bond acceptors (Lipinski definition) is 3. The molecule has 0 saturated heterocycles. The van der Waals surface area contributed by atoms with Gasteiger partial charge in [0, 0.05) is 5.54 Å². The molecule has 1 aliphatic carbocycles. The van der Waals surface area contributed by atoms with Crippen molar-refractivity contribution in [3.63, 3.8) is 0 Å². The summed E-state index contributed by atoms with van der Waals surface area (Å²) >= 11 is 0. The zero-order valence-electron chi connectivity index (χ0n) is 10.1. The van der Waals surface area contributed by atoms with Gasteiger partial charge in [-0.1, -0.05) is 6.07 Å². The molecule has 3 nitrogen and oxygen atoms in total. The molecule has 1 aromatic rings. The van der Waals surface area contributed by atoms with E-state index in [2.05, 4.69) is 12.1 Å². The molecule has 0 radical (unpaired) electrons. The van der Waals surface area contributed by atoms with Crippen LogP contribution in [0.3, 0.4) is 0 Å². The van der Waals surface area contributed by atoms with Crippen LogP contribution in [-0.2, 0) is 6.42 Å². The summed E-state index contributed by atoms with van der Waals surface area (Å²) in [6.45, 7) is 1.31. The first kappa shape index (κ1) is 10.9. The molecule has 0 unspecified atom stereocenters. The molecule has 0 amide bonds. The maximum atomic E-state index is 6.08. The van der Waals surface area contributed by atoms with Gasteiger partial charge in [-0.2, -0.15) is 0 Å². The molecule has 1 heterocycles. The SMILES string of the molecule is NC1(CCCc2ccc3c(c2)OCCO3)CC1. The summed E-state index contributed by atoms with van der Waals surface area (Å²) in [5.74, 6) is 1.76.